The third kappa shape index (κ3) is 3.91. The van der Waals surface area contributed by atoms with Crippen LogP contribution in [-0.2, 0) is 9.53 Å². The molecule has 1 saturated heterocycles. The molecule has 17 heavy (non-hydrogen) atoms. The SMILES string of the molecule is C[C@@H]1CCC(C(=O)O)CN1C(=O)OC(C)(C)C. The van der Waals surface area contributed by atoms with E-state index in [-0.39, 0.29) is 12.6 Å². The summed E-state index contributed by atoms with van der Waals surface area (Å²) in [5, 5.41) is 8.98. The maximum absolute atomic E-state index is 11.9. The third-order valence-corrected chi connectivity index (χ3v) is 2.86. The first kappa shape index (κ1) is 13.8. The van der Waals surface area contributed by atoms with Gasteiger partial charge in [0.1, 0.15) is 5.60 Å². The first-order valence-electron chi connectivity index (χ1n) is 5.93. The molecule has 1 rings (SSSR count). The van der Waals surface area contributed by atoms with Gasteiger partial charge in [0.2, 0.25) is 0 Å². The van der Waals surface area contributed by atoms with Crippen LogP contribution < -0.4 is 0 Å². The topological polar surface area (TPSA) is 66.8 Å². The van der Waals surface area contributed by atoms with Crippen molar-refractivity contribution in [1.29, 1.82) is 0 Å². The average molecular weight is 243 g/mol. The van der Waals surface area contributed by atoms with E-state index in [1.54, 1.807) is 20.8 Å². The first-order chi connectivity index (χ1) is 7.70. The Morgan fingerprint density at radius 3 is 2.35 bits per heavy atom. The highest BCUT2D eigenvalue weighted by molar-refractivity contribution is 5.73. The molecule has 1 N–H and O–H groups in total. The van der Waals surface area contributed by atoms with Crippen LogP contribution in [0, 0.1) is 5.92 Å². The van der Waals surface area contributed by atoms with Crippen molar-refractivity contribution >= 4 is 12.1 Å². The van der Waals surface area contributed by atoms with Crippen molar-refractivity contribution in [3.05, 3.63) is 0 Å². The minimum absolute atomic E-state index is 0.0421. The molecule has 1 aliphatic rings. The van der Waals surface area contributed by atoms with Crippen molar-refractivity contribution in [3.63, 3.8) is 0 Å². The molecule has 98 valence electrons. The van der Waals surface area contributed by atoms with E-state index in [0.29, 0.717) is 12.8 Å². The Bertz CT molecular complexity index is 308. The van der Waals surface area contributed by atoms with Gasteiger partial charge in [-0.05, 0) is 40.5 Å². The molecule has 5 nitrogen and oxygen atoms in total. The molecule has 0 radical (unpaired) electrons. The molecule has 1 amide bonds. The van der Waals surface area contributed by atoms with E-state index in [1.165, 1.54) is 4.90 Å². The maximum atomic E-state index is 11.9. The minimum Gasteiger partial charge on any atom is -0.481 e. The number of carbonyl (C=O) groups excluding carboxylic acids is 1. The predicted molar refractivity (Wildman–Crippen MR) is 62.8 cm³/mol. The Morgan fingerprint density at radius 1 is 1.29 bits per heavy atom. The molecule has 0 aromatic heterocycles. The number of carboxylic acid groups (broad SMARTS) is 1. The van der Waals surface area contributed by atoms with Gasteiger partial charge in [-0.3, -0.25) is 4.79 Å². The summed E-state index contributed by atoms with van der Waals surface area (Å²) >= 11 is 0. The fraction of sp³-hybridized carbons (Fsp3) is 0.833. The number of piperidine rings is 1. The first-order valence-corrected chi connectivity index (χ1v) is 5.93. The number of amides is 1. The van der Waals surface area contributed by atoms with Crippen molar-refractivity contribution in [3.8, 4) is 0 Å². The van der Waals surface area contributed by atoms with Gasteiger partial charge in [-0.2, -0.15) is 0 Å². The van der Waals surface area contributed by atoms with Crippen LogP contribution in [0.25, 0.3) is 0 Å². The van der Waals surface area contributed by atoms with Gasteiger partial charge in [-0.1, -0.05) is 0 Å². The number of hydrogen-bond acceptors (Lipinski definition) is 3. The van der Waals surface area contributed by atoms with Gasteiger partial charge in [0.05, 0.1) is 5.92 Å². The second kappa shape index (κ2) is 4.94. The molecule has 0 aromatic carbocycles. The fourth-order valence-corrected chi connectivity index (χ4v) is 1.88. The Morgan fingerprint density at radius 2 is 1.88 bits per heavy atom. The van der Waals surface area contributed by atoms with Gasteiger partial charge in [-0.25, -0.2) is 4.79 Å². The van der Waals surface area contributed by atoms with Crippen molar-refractivity contribution in [2.75, 3.05) is 6.54 Å². The van der Waals surface area contributed by atoms with E-state index in [4.69, 9.17) is 9.84 Å². The van der Waals surface area contributed by atoms with Crippen LogP contribution in [0.4, 0.5) is 4.79 Å². The van der Waals surface area contributed by atoms with Crippen LogP contribution in [0.1, 0.15) is 40.5 Å². The summed E-state index contributed by atoms with van der Waals surface area (Å²) in [6, 6.07) is 0.0421. The van der Waals surface area contributed by atoms with E-state index >= 15 is 0 Å². The molecule has 0 spiro atoms. The molecule has 5 heteroatoms. The highest BCUT2D eigenvalue weighted by atomic mass is 16.6. The van der Waals surface area contributed by atoms with Crippen LogP contribution in [0.5, 0.6) is 0 Å². The van der Waals surface area contributed by atoms with Crippen molar-refractivity contribution in [1.82, 2.24) is 4.90 Å². The number of carboxylic acids is 1. The molecule has 1 fully saturated rings. The molecular weight excluding hydrogens is 222 g/mol. The zero-order valence-corrected chi connectivity index (χ0v) is 10.9. The minimum atomic E-state index is -0.842. The Hall–Kier alpha value is -1.26. The zero-order chi connectivity index (χ0) is 13.2. The number of nitrogens with zero attached hydrogens (tertiary/aromatic N) is 1. The summed E-state index contributed by atoms with van der Waals surface area (Å²) in [7, 11) is 0. The molecular formula is C12H21NO4. The lowest BCUT2D eigenvalue weighted by molar-refractivity contribution is -0.143. The number of likely N-dealkylation sites (tertiary alicyclic amines) is 1. The van der Waals surface area contributed by atoms with E-state index in [0.717, 1.165) is 0 Å². The molecule has 0 aliphatic carbocycles. The molecule has 2 atom stereocenters. The molecule has 1 unspecified atom stereocenters. The number of aliphatic carboxylic acids is 1. The lowest BCUT2D eigenvalue weighted by Gasteiger charge is -2.37. The summed E-state index contributed by atoms with van der Waals surface area (Å²) in [6.07, 6.45) is 0.905. The van der Waals surface area contributed by atoms with E-state index in [2.05, 4.69) is 0 Å². The summed E-state index contributed by atoms with van der Waals surface area (Å²) in [5.74, 6) is -1.32. The monoisotopic (exact) mass is 243 g/mol. The molecule has 1 heterocycles. The van der Waals surface area contributed by atoms with E-state index < -0.39 is 23.6 Å². The van der Waals surface area contributed by atoms with Gasteiger partial charge in [0, 0.05) is 12.6 Å². The number of hydrogen-bond donors (Lipinski definition) is 1. The van der Waals surface area contributed by atoms with E-state index in [1.807, 2.05) is 6.92 Å². The van der Waals surface area contributed by atoms with Crippen molar-refractivity contribution in [2.24, 2.45) is 5.92 Å². The van der Waals surface area contributed by atoms with Crippen molar-refractivity contribution in [2.45, 2.75) is 52.2 Å². The highest BCUT2D eigenvalue weighted by Crippen LogP contribution is 2.24. The Labute approximate surface area is 102 Å². The van der Waals surface area contributed by atoms with Crippen LogP contribution in [-0.4, -0.2) is 40.3 Å². The Balaban J connectivity index is 2.67. The zero-order valence-electron chi connectivity index (χ0n) is 10.9. The average Bonchev–Trinajstić information content (AvgIpc) is 2.14. The van der Waals surface area contributed by atoms with Gasteiger partial charge >= 0.3 is 12.1 Å². The number of ether oxygens (including phenoxy) is 1. The van der Waals surface area contributed by atoms with Crippen LogP contribution in [0.3, 0.4) is 0 Å². The standard InChI is InChI=1S/C12H21NO4/c1-8-5-6-9(10(14)15)7-13(8)11(16)17-12(2,3)4/h8-9H,5-7H2,1-4H3,(H,14,15)/t8-,9?/m1/s1. The fourth-order valence-electron chi connectivity index (χ4n) is 1.88. The molecule has 0 bridgehead atoms. The normalized spacial score (nSPS) is 25.5. The van der Waals surface area contributed by atoms with Crippen LogP contribution in [0.2, 0.25) is 0 Å². The summed E-state index contributed by atoms with van der Waals surface area (Å²) in [6.45, 7) is 7.56. The second-order valence-electron chi connectivity index (χ2n) is 5.59. The summed E-state index contributed by atoms with van der Waals surface area (Å²) in [4.78, 5) is 24.4. The van der Waals surface area contributed by atoms with Gasteiger partial charge in [0.15, 0.2) is 0 Å². The predicted octanol–water partition coefficient (Wildman–Crippen LogP) is 2.11. The quantitative estimate of drug-likeness (QED) is 0.766. The summed E-state index contributed by atoms with van der Waals surface area (Å²) in [5.41, 5.74) is -0.549. The molecule has 0 aromatic rings. The lowest BCUT2D eigenvalue weighted by atomic mass is 9.94. The largest absolute Gasteiger partial charge is 0.481 e. The highest BCUT2D eigenvalue weighted by Gasteiger charge is 2.34. The molecule has 1 aliphatic heterocycles. The van der Waals surface area contributed by atoms with Crippen molar-refractivity contribution < 1.29 is 19.4 Å². The smallest absolute Gasteiger partial charge is 0.410 e. The summed E-state index contributed by atoms with van der Waals surface area (Å²) < 4.78 is 5.27. The maximum Gasteiger partial charge on any atom is 0.410 e. The van der Waals surface area contributed by atoms with Gasteiger partial charge in [-0.15, -0.1) is 0 Å². The van der Waals surface area contributed by atoms with Crippen LogP contribution >= 0.6 is 0 Å². The third-order valence-electron chi connectivity index (χ3n) is 2.86. The van der Waals surface area contributed by atoms with Gasteiger partial charge in [0.25, 0.3) is 0 Å². The Kier molecular flexibility index (Phi) is 4.01. The lowest BCUT2D eigenvalue weighted by Crippen LogP contribution is -2.49. The number of rotatable bonds is 1. The van der Waals surface area contributed by atoms with Gasteiger partial charge < -0.3 is 14.7 Å². The molecule has 0 saturated carbocycles. The van der Waals surface area contributed by atoms with E-state index in [9.17, 15) is 9.59 Å². The van der Waals surface area contributed by atoms with Crippen LogP contribution in [0.15, 0.2) is 0 Å². The second-order valence-corrected chi connectivity index (χ2v) is 5.59. The number of carbonyl (C=O) groups is 2.